The van der Waals surface area contributed by atoms with Crippen LogP contribution in [0.2, 0.25) is 10.0 Å². The van der Waals surface area contributed by atoms with Crippen LogP contribution in [0.15, 0.2) is 34.1 Å². The molecule has 0 saturated heterocycles. The number of amides is 1. The van der Waals surface area contributed by atoms with Crippen molar-refractivity contribution in [2.75, 3.05) is 7.05 Å². The minimum atomic E-state index is -0.142. The van der Waals surface area contributed by atoms with Crippen molar-refractivity contribution < 1.29 is 4.79 Å². The summed E-state index contributed by atoms with van der Waals surface area (Å²) in [5, 5.41) is 2.90. The quantitative estimate of drug-likeness (QED) is 0.728. The van der Waals surface area contributed by atoms with Gasteiger partial charge in [0.1, 0.15) is 0 Å². The maximum Gasteiger partial charge on any atom is 0.255 e. The fraction of sp³-hybridized carbons (Fsp3) is 0.154. The standard InChI is InChI=1S/C13H10BrCl2NOS/c1-17(6-10-4-8(14)7-19-10)13(18)11-5-9(15)2-3-12(11)16/h2-5,7H,6H2,1H3. The van der Waals surface area contributed by atoms with Gasteiger partial charge in [-0.25, -0.2) is 0 Å². The minimum absolute atomic E-state index is 0.142. The Balaban J connectivity index is 2.16. The van der Waals surface area contributed by atoms with Crippen molar-refractivity contribution in [1.82, 2.24) is 4.90 Å². The number of thiophene rings is 1. The molecule has 2 aromatic rings. The summed E-state index contributed by atoms with van der Waals surface area (Å²) in [6.07, 6.45) is 0. The van der Waals surface area contributed by atoms with E-state index in [1.54, 1.807) is 41.5 Å². The van der Waals surface area contributed by atoms with Gasteiger partial charge in [-0.1, -0.05) is 23.2 Å². The normalized spacial score (nSPS) is 10.5. The first kappa shape index (κ1) is 14.9. The van der Waals surface area contributed by atoms with Crippen LogP contribution in [0.25, 0.3) is 0 Å². The number of benzene rings is 1. The fourth-order valence-electron chi connectivity index (χ4n) is 1.61. The predicted molar refractivity (Wildman–Crippen MR) is 84.3 cm³/mol. The first-order chi connectivity index (χ1) is 8.97. The zero-order valence-electron chi connectivity index (χ0n) is 9.99. The molecule has 100 valence electrons. The summed E-state index contributed by atoms with van der Waals surface area (Å²) in [7, 11) is 1.74. The molecule has 0 spiro atoms. The van der Waals surface area contributed by atoms with E-state index in [1.165, 1.54) is 0 Å². The molecule has 1 heterocycles. The van der Waals surface area contributed by atoms with Gasteiger partial charge in [-0.3, -0.25) is 4.79 Å². The average molecular weight is 379 g/mol. The fourth-order valence-corrected chi connectivity index (χ4v) is 3.48. The molecule has 6 heteroatoms. The molecule has 19 heavy (non-hydrogen) atoms. The van der Waals surface area contributed by atoms with E-state index < -0.39 is 0 Å². The number of rotatable bonds is 3. The van der Waals surface area contributed by atoms with Crippen LogP contribution >= 0.6 is 50.5 Å². The van der Waals surface area contributed by atoms with Crippen molar-refractivity contribution in [1.29, 1.82) is 0 Å². The van der Waals surface area contributed by atoms with Gasteiger partial charge < -0.3 is 4.90 Å². The van der Waals surface area contributed by atoms with Crippen molar-refractivity contribution in [3.63, 3.8) is 0 Å². The lowest BCUT2D eigenvalue weighted by atomic mass is 10.2. The second-order valence-electron chi connectivity index (χ2n) is 4.02. The topological polar surface area (TPSA) is 20.3 Å². The summed E-state index contributed by atoms with van der Waals surface area (Å²) >= 11 is 16.9. The smallest absolute Gasteiger partial charge is 0.255 e. The maximum atomic E-state index is 12.3. The molecule has 0 fully saturated rings. The SMILES string of the molecule is CN(Cc1cc(Br)cs1)C(=O)c1cc(Cl)ccc1Cl. The average Bonchev–Trinajstić information content (AvgIpc) is 2.77. The van der Waals surface area contributed by atoms with Crippen molar-refractivity contribution in [2.24, 2.45) is 0 Å². The van der Waals surface area contributed by atoms with E-state index in [0.717, 1.165) is 9.35 Å². The Kier molecular flexibility index (Phi) is 4.90. The third kappa shape index (κ3) is 3.72. The Bertz CT molecular complexity index is 614. The molecule has 0 saturated carbocycles. The summed E-state index contributed by atoms with van der Waals surface area (Å²) < 4.78 is 1.02. The Morgan fingerprint density at radius 2 is 2.11 bits per heavy atom. The molecule has 0 aliphatic heterocycles. The minimum Gasteiger partial charge on any atom is -0.337 e. The first-order valence-electron chi connectivity index (χ1n) is 5.41. The molecule has 2 nitrogen and oxygen atoms in total. The molecule has 0 unspecified atom stereocenters. The van der Waals surface area contributed by atoms with Gasteiger partial charge in [0.2, 0.25) is 0 Å². The maximum absolute atomic E-state index is 12.3. The number of hydrogen-bond donors (Lipinski definition) is 0. The van der Waals surface area contributed by atoms with Gasteiger partial charge >= 0.3 is 0 Å². The van der Waals surface area contributed by atoms with Crippen molar-refractivity contribution in [3.8, 4) is 0 Å². The van der Waals surface area contributed by atoms with Gasteiger partial charge in [0.15, 0.2) is 0 Å². The van der Waals surface area contributed by atoms with Crippen LogP contribution in [-0.4, -0.2) is 17.9 Å². The van der Waals surface area contributed by atoms with Gasteiger partial charge in [-0.2, -0.15) is 0 Å². The molecular weight excluding hydrogens is 369 g/mol. The molecule has 0 aliphatic carbocycles. The lowest BCUT2D eigenvalue weighted by molar-refractivity contribution is 0.0786. The number of hydrogen-bond acceptors (Lipinski definition) is 2. The Labute approximate surface area is 134 Å². The summed E-state index contributed by atoms with van der Waals surface area (Å²) in [4.78, 5) is 15.0. The number of halogens is 3. The van der Waals surface area contributed by atoms with Crippen LogP contribution in [0.5, 0.6) is 0 Å². The lowest BCUT2D eigenvalue weighted by Gasteiger charge is -2.17. The Morgan fingerprint density at radius 1 is 1.37 bits per heavy atom. The summed E-state index contributed by atoms with van der Waals surface area (Å²) in [6, 6.07) is 6.88. The molecule has 0 atom stereocenters. The molecule has 0 aliphatic rings. The molecule has 0 N–H and O–H groups in total. The van der Waals surface area contributed by atoms with E-state index in [0.29, 0.717) is 22.2 Å². The van der Waals surface area contributed by atoms with Crippen LogP contribution in [-0.2, 0) is 6.54 Å². The van der Waals surface area contributed by atoms with Crippen LogP contribution in [0, 0.1) is 0 Å². The van der Waals surface area contributed by atoms with Gasteiger partial charge in [-0.15, -0.1) is 11.3 Å². The summed E-state index contributed by atoms with van der Waals surface area (Å²) in [5.41, 5.74) is 0.423. The molecule has 1 amide bonds. The highest BCUT2D eigenvalue weighted by molar-refractivity contribution is 9.10. The molecule has 2 rings (SSSR count). The van der Waals surface area contributed by atoms with Crippen molar-refractivity contribution >= 4 is 56.4 Å². The summed E-state index contributed by atoms with van der Waals surface area (Å²) in [5.74, 6) is -0.142. The van der Waals surface area contributed by atoms with E-state index in [1.807, 2.05) is 11.4 Å². The number of carbonyl (C=O) groups is 1. The molecule has 0 bridgehead atoms. The van der Waals surface area contributed by atoms with E-state index >= 15 is 0 Å². The third-order valence-electron chi connectivity index (χ3n) is 2.52. The highest BCUT2D eigenvalue weighted by atomic mass is 79.9. The lowest BCUT2D eigenvalue weighted by Crippen LogP contribution is -2.26. The van der Waals surface area contributed by atoms with E-state index in [2.05, 4.69) is 15.9 Å². The Morgan fingerprint density at radius 3 is 2.74 bits per heavy atom. The van der Waals surface area contributed by atoms with Crippen LogP contribution in [0.3, 0.4) is 0 Å². The molecule has 1 aromatic heterocycles. The first-order valence-corrected chi connectivity index (χ1v) is 7.83. The van der Waals surface area contributed by atoms with Gasteiger partial charge in [-0.05, 0) is 40.2 Å². The monoisotopic (exact) mass is 377 g/mol. The second-order valence-corrected chi connectivity index (χ2v) is 6.77. The summed E-state index contributed by atoms with van der Waals surface area (Å²) in [6.45, 7) is 0.540. The zero-order valence-corrected chi connectivity index (χ0v) is 13.9. The Hall–Kier alpha value is -0.550. The number of nitrogens with zero attached hydrogens (tertiary/aromatic N) is 1. The van der Waals surface area contributed by atoms with Crippen LogP contribution < -0.4 is 0 Å². The van der Waals surface area contributed by atoms with Crippen molar-refractivity contribution in [2.45, 2.75) is 6.54 Å². The zero-order chi connectivity index (χ0) is 14.0. The van der Waals surface area contributed by atoms with Gasteiger partial charge in [0, 0.05) is 26.8 Å². The molecule has 1 aromatic carbocycles. The van der Waals surface area contributed by atoms with Crippen LogP contribution in [0.1, 0.15) is 15.2 Å². The van der Waals surface area contributed by atoms with Gasteiger partial charge in [0.05, 0.1) is 17.1 Å². The van der Waals surface area contributed by atoms with Gasteiger partial charge in [0.25, 0.3) is 5.91 Å². The molecule has 0 radical (unpaired) electrons. The van der Waals surface area contributed by atoms with Crippen molar-refractivity contribution in [3.05, 3.63) is 54.6 Å². The van der Waals surface area contributed by atoms with E-state index in [9.17, 15) is 4.79 Å². The molecular formula is C13H10BrCl2NOS. The predicted octanol–water partition coefficient (Wildman–Crippen LogP) is 5.09. The third-order valence-corrected chi connectivity index (χ3v) is 4.77. The van der Waals surface area contributed by atoms with E-state index in [-0.39, 0.29) is 5.91 Å². The van der Waals surface area contributed by atoms with Crippen LogP contribution in [0.4, 0.5) is 0 Å². The highest BCUT2D eigenvalue weighted by Crippen LogP contribution is 2.24. The second kappa shape index (κ2) is 6.27. The number of carbonyl (C=O) groups excluding carboxylic acids is 1. The highest BCUT2D eigenvalue weighted by Gasteiger charge is 2.16. The largest absolute Gasteiger partial charge is 0.337 e. The van der Waals surface area contributed by atoms with E-state index in [4.69, 9.17) is 23.2 Å².